The van der Waals surface area contributed by atoms with Crippen LogP contribution in [0.4, 0.5) is 0 Å². The van der Waals surface area contributed by atoms with Gasteiger partial charge in [-0.1, -0.05) is 38.5 Å². The van der Waals surface area contributed by atoms with Gasteiger partial charge in [0.2, 0.25) is 11.8 Å². The van der Waals surface area contributed by atoms with Crippen LogP contribution in [-0.4, -0.2) is 29.0 Å². The van der Waals surface area contributed by atoms with Gasteiger partial charge in [0, 0.05) is 18.9 Å². The van der Waals surface area contributed by atoms with Gasteiger partial charge in [-0.15, -0.1) is 0 Å². The average molecular weight is 374 g/mol. The van der Waals surface area contributed by atoms with Crippen LogP contribution in [0.5, 0.6) is 0 Å². The summed E-state index contributed by atoms with van der Waals surface area (Å²) in [5.41, 5.74) is 0. The lowest BCUT2D eigenvalue weighted by Gasteiger charge is -2.29. The Morgan fingerprint density at radius 3 is 1.81 bits per heavy atom. The molecule has 27 heavy (non-hydrogen) atoms. The number of hydrogen-bond acceptors (Lipinski definition) is 3. The lowest BCUT2D eigenvalue weighted by molar-refractivity contribution is -0.140. The van der Waals surface area contributed by atoms with Gasteiger partial charge in [-0.05, 0) is 56.8 Å². The molecule has 1 saturated heterocycles. The summed E-state index contributed by atoms with van der Waals surface area (Å²) in [4.78, 5) is 39.3. The normalized spacial score (nSPS) is 36.9. The second-order valence-electron chi connectivity index (χ2n) is 9.55. The van der Waals surface area contributed by atoms with Crippen molar-refractivity contribution in [2.24, 2.45) is 29.6 Å². The lowest BCUT2D eigenvalue weighted by atomic mass is 9.77. The van der Waals surface area contributed by atoms with E-state index in [0.29, 0.717) is 25.2 Å². The van der Waals surface area contributed by atoms with Gasteiger partial charge in [-0.2, -0.15) is 0 Å². The van der Waals surface area contributed by atoms with Crippen LogP contribution < -0.4 is 0 Å². The molecule has 4 atom stereocenters. The molecule has 0 aromatic heterocycles. The molecular formula is C23H35NO3. The number of Topliss-reactive ketones (excluding diaryl/α,β-unsaturated/α-hetero) is 1. The van der Waals surface area contributed by atoms with E-state index in [1.807, 2.05) is 0 Å². The van der Waals surface area contributed by atoms with Crippen LogP contribution in [0, 0.1) is 29.6 Å². The van der Waals surface area contributed by atoms with Gasteiger partial charge >= 0.3 is 0 Å². The Kier molecular flexibility index (Phi) is 5.99. The molecule has 0 aromatic carbocycles. The zero-order valence-corrected chi connectivity index (χ0v) is 16.7. The van der Waals surface area contributed by atoms with E-state index >= 15 is 0 Å². The number of carbonyl (C=O) groups excluding carboxylic acids is 3. The molecule has 3 aliphatic carbocycles. The van der Waals surface area contributed by atoms with Crippen LogP contribution >= 0.6 is 0 Å². The lowest BCUT2D eigenvalue weighted by Crippen LogP contribution is -2.32. The van der Waals surface area contributed by atoms with Crippen LogP contribution in [-0.2, 0) is 14.4 Å². The maximum absolute atomic E-state index is 12.8. The minimum Gasteiger partial charge on any atom is -0.299 e. The third-order valence-corrected chi connectivity index (χ3v) is 8.03. The smallest absolute Gasteiger partial charge is 0.233 e. The molecule has 0 aromatic rings. The van der Waals surface area contributed by atoms with Crippen molar-refractivity contribution in [1.82, 2.24) is 4.90 Å². The van der Waals surface area contributed by atoms with Crippen LogP contribution in [0.3, 0.4) is 0 Å². The maximum Gasteiger partial charge on any atom is 0.233 e. The quantitative estimate of drug-likeness (QED) is 0.666. The van der Waals surface area contributed by atoms with E-state index < -0.39 is 0 Å². The molecular weight excluding hydrogens is 338 g/mol. The van der Waals surface area contributed by atoms with E-state index in [4.69, 9.17) is 0 Å². The van der Waals surface area contributed by atoms with E-state index in [1.54, 1.807) is 0 Å². The van der Waals surface area contributed by atoms with Gasteiger partial charge in [0.05, 0.1) is 11.8 Å². The molecule has 0 radical (unpaired) electrons. The zero-order valence-electron chi connectivity index (χ0n) is 16.7. The van der Waals surface area contributed by atoms with Crippen LogP contribution in [0.2, 0.25) is 0 Å². The number of amides is 2. The van der Waals surface area contributed by atoms with Gasteiger partial charge in [0.15, 0.2) is 0 Å². The molecule has 4 fully saturated rings. The topological polar surface area (TPSA) is 54.5 Å². The van der Waals surface area contributed by atoms with Gasteiger partial charge in [-0.3, -0.25) is 19.3 Å². The minimum absolute atomic E-state index is 0.0377. The number of imide groups is 1. The van der Waals surface area contributed by atoms with Crippen molar-refractivity contribution in [2.75, 3.05) is 6.54 Å². The third-order valence-electron chi connectivity index (χ3n) is 8.03. The summed E-state index contributed by atoms with van der Waals surface area (Å²) in [5.74, 6) is 2.28. The number of ketones is 1. The first-order valence-corrected chi connectivity index (χ1v) is 11.5. The summed E-state index contributed by atoms with van der Waals surface area (Å²) in [6.45, 7) is 0.453. The Morgan fingerprint density at radius 2 is 1.26 bits per heavy atom. The SMILES string of the molecule is O=C(CCCN1C(=O)[C@H]2CCCC[C@H]2C1=O)C1CCC2CCCCC2CC1. The van der Waals surface area contributed by atoms with Crippen molar-refractivity contribution in [2.45, 2.75) is 89.9 Å². The number of fused-ring (bicyclic) bond motifs is 2. The molecule has 4 rings (SSSR count). The summed E-state index contributed by atoms with van der Waals surface area (Å²) in [6, 6.07) is 0. The number of nitrogens with zero attached hydrogens (tertiary/aromatic N) is 1. The highest BCUT2D eigenvalue weighted by atomic mass is 16.2. The molecule has 1 aliphatic heterocycles. The van der Waals surface area contributed by atoms with Crippen molar-refractivity contribution in [3.05, 3.63) is 0 Å². The van der Waals surface area contributed by atoms with E-state index in [1.165, 1.54) is 43.4 Å². The van der Waals surface area contributed by atoms with Crippen molar-refractivity contribution in [3.63, 3.8) is 0 Å². The fourth-order valence-electron chi connectivity index (χ4n) is 6.41. The number of likely N-dealkylation sites (tertiary alicyclic amines) is 1. The predicted molar refractivity (Wildman–Crippen MR) is 104 cm³/mol. The van der Waals surface area contributed by atoms with Crippen molar-refractivity contribution >= 4 is 17.6 Å². The van der Waals surface area contributed by atoms with Gasteiger partial charge < -0.3 is 0 Å². The highest BCUT2D eigenvalue weighted by Crippen LogP contribution is 2.41. The second-order valence-corrected chi connectivity index (χ2v) is 9.55. The standard InChI is InChI=1S/C23H35NO3/c25-21(18-13-11-16-6-1-2-7-17(16)12-14-18)10-5-15-24-22(26)19-8-3-4-9-20(19)23(24)27/h16-20H,1-15H2/t16?,17?,18?,19-,20+. The summed E-state index contributed by atoms with van der Waals surface area (Å²) in [7, 11) is 0. The Labute approximate surface area is 163 Å². The van der Waals surface area contributed by atoms with E-state index in [2.05, 4.69) is 0 Å². The van der Waals surface area contributed by atoms with Gasteiger partial charge in [0.1, 0.15) is 5.78 Å². The summed E-state index contributed by atoms with van der Waals surface area (Å²) in [6.07, 6.45) is 15.1. The molecule has 4 heteroatoms. The molecule has 1 heterocycles. The van der Waals surface area contributed by atoms with E-state index in [0.717, 1.165) is 50.4 Å². The Morgan fingerprint density at radius 1 is 0.741 bits per heavy atom. The molecule has 0 bridgehead atoms. The predicted octanol–water partition coefficient (Wildman–Crippen LogP) is 4.51. The van der Waals surface area contributed by atoms with E-state index in [-0.39, 0.29) is 29.6 Å². The van der Waals surface area contributed by atoms with Crippen LogP contribution in [0.25, 0.3) is 0 Å². The minimum atomic E-state index is -0.0628. The number of rotatable bonds is 5. The summed E-state index contributed by atoms with van der Waals surface area (Å²) < 4.78 is 0. The zero-order chi connectivity index (χ0) is 18.8. The largest absolute Gasteiger partial charge is 0.299 e. The Bertz CT molecular complexity index is 546. The molecule has 150 valence electrons. The molecule has 4 aliphatic rings. The second kappa shape index (κ2) is 8.45. The van der Waals surface area contributed by atoms with Gasteiger partial charge in [-0.25, -0.2) is 0 Å². The van der Waals surface area contributed by atoms with Crippen LogP contribution in [0.15, 0.2) is 0 Å². The molecule has 4 nitrogen and oxygen atoms in total. The van der Waals surface area contributed by atoms with Crippen molar-refractivity contribution in [3.8, 4) is 0 Å². The van der Waals surface area contributed by atoms with Crippen molar-refractivity contribution < 1.29 is 14.4 Å². The molecule has 0 spiro atoms. The maximum atomic E-state index is 12.8. The monoisotopic (exact) mass is 373 g/mol. The molecule has 2 amide bonds. The molecule has 3 saturated carbocycles. The Hall–Kier alpha value is -1.19. The average Bonchev–Trinajstić information content (AvgIpc) is 2.85. The van der Waals surface area contributed by atoms with Gasteiger partial charge in [0.25, 0.3) is 0 Å². The van der Waals surface area contributed by atoms with Crippen molar-refractivity contribution in [1.29, 1.82) is 0 Å². The summed E-state index contributed by atoms with van der Waals surface area (Å²) in [5, 5.41) is 0. The fraction of sp³-hybridized carbons (Fsp3) is 0.870. The molecule has 0 N–H and O–H groups in total. The first-order valence-electron chi connectivity index (χ1n) is 11.5. The highest BCUT2D eigenvalue weighted by molar-refractivity contribution is 6.05. The fourth-order valence-corrected chi connectivity index (χ4v) is 6.41. The number of carbonyl (C=O) groups is 3. The first kappa shape index (κ1) is 19.1. The molecule has 2 unspecified atom stereocenters. The Balaban J connectivity index is 1.25. The highest BCUT2D eigenvalue weighted by Gasteiger charge is 2.47. The van der Waals surface area contributed by atoms with Crippen LogP contribution in [0.1, 0.15) is 89.9 Å². The third kappa shape index (κ3) is 4.00. The number of hydrogen-bond donors (Lipinski definition) is 0. The van der Waals surface area contributed by atoms with E-state index in [9.17, 15) is 14.4 Å². The first-order chi connectivity index (χ1) is 13.1. The summed E-state index contributed by atoms with van der Waals surface area (Å²) >= 11 is 0.